The lowest BCUT2D eigenvalue weighted by atomic mass is 10.3. The molecule has 1 aliphatic heterocycles. The number of nitrogens with zero attached hydrogens (tertiary/aromatic N) is 1. The molecule has 1 atom stereocenters. The molecular formula is C3H10NOP. The molecule has 1 unspecified atom stereocenters. The molecule has 1 aliphatic rings. The Balaban J connectivity index is 0.000000250. The summed E-state index contributed by atoms with van der Waals surface area (Å²) in [6.07, 6.45) is 1.16. The third-order valence-electron chi connectivity index (χ3n) is 0.832. The van der Waals surface area contributed by atoms with Crippen LogP contribution in [0.5, 0.6) is 0 Å². The SMILES string of the molecule is ON1CCC1.P. The van der Waals surface area contributed by atoms with E-state index in [1.165, 1.54) is 5.06 Å². The van der Waals surface area contributed by atoms with E-state index in [-0.39, 0.29) is 9.90 Å². The normalized spacial score (nSPS) is 21.5. The van der Waals surface area contributed by atoms with Crippen LogP contribution in [0.25, 0.3) is 0 Å². The van der Waals surface area contributed by atoms with Crippen molar-refractivity contribution >= 4 is 9.90 Å². The molecule has 6 heavy (non-hydrogen) atoms. The van der Waals surface area contributed by atoms with Crippen molar-refractivity contribution < 1.29 is 5.21 Å². The van der Waals surface area contributed by atoms with Gasteiger partial charge in [0.15, 0.2) is 0 Å². The van der Waals surface area contributed by atoms with Gasteiger partial charge in [0.2, 0.25) is 0 Å². The minimum atomic E-state index is 0. The summed E-state index contributed by atoms with van der Waals surface area (Å²) in [5.41, 5.74) is 0. The Kier molecular flexibility index (Phi) is 2.66. The maximum atomic E-state index is 8.28. The third kappa shape index (κ3) is 1.21. The molecule has 1 rings (SSSR count). The first kappa shape index (κ1) is 6.35. The van der Waals surface area contributed by atoms with E-state index < -0.39 is 0 Å². The van der Waals surface area contributed by atoms with Gasteiger partial charge in [-0.3, -0.25) is 0 Å². The highest BCUT2D eigenvalue weighted by Gasteiger charge is 2.07. The second-order valence-corrected chi connectivity index (χ2v) is 1.31. The Morgan fingerprint density at radius 2 is 1.67 bits per heavy atom. The molecule has 0 saturated carbocycles. The molecule has 0 bridgehead atoms. The lowest BCUT2D eigenvalue weighted by Gasteiger charge is -2.22. The molecule has 0 aromatic heterocycles. The van der Waals surface area contributed by atoms with E-state index in [1.807, 2.05) is 0 Å². The first-order chi connectivity index (χ1) is 2.39. The molecule has 1 fully saturated rings. The van der Waals surface area contributed by atoms with Crippen molar-refractivity contribution in [1.29, 1.82) is 0 Å². The molecule has 1 N–H and O–H groups in total. The number of hydroxylamine groups is 2. The molecule has 0 radical (unpaired) electrons. The minimum Gasteiger partial charge on any atom is -0.314 e. The van der Waals surface area contributed by atoms with Crippen molar-refractivity contribution in [2.45, 2.75) is 6.42 Å². The van der Waals surface area contributed by atoms with Crippen LogP contribution in [0.4, 0.5) is 0 Å². The van der Waals surface area contributed by atoms with Gasteiger partial charge in [0.1, 0.15) is 0 Å². The zero-order valence-electron chi connectivity index (χ0n) is 3.72. The van der Waals surface area contributed by atoms with Crippen molar-refractivity contribution in [2.24, 2.45) is 0 Å². The number of hydrogen-bond donors (Lipinski definition) is 1. The molecule has 2 nitrogen and oxygen atoms in total. The molecular weight excluding hydrogens is 97.0 g/mol. The zero-order chi connectivity index (χ0) is 3.70. The highest BCUT2D eigenvalue weighted by Crippen LogP contribution is 1.97. The fraction of sp³-hybridized carbons (Fsp3) is 1.00. The Hall–Kier alpha value is 0.350. The molecule has 0 aromatic rings. The molecule has 3 heteroatoms. The van der Waals surface area contributed by atoms with Crippen LogP contribution in [-0.4, -0.2) is 23.4 Å². The van der Waals surface area contributed by atoms with E-state index in [0.29, 0.717) is 0 Å². The minimum absolute atomic E-state index is 0. The molecule has 0 aromatic carbocycles. The Bertz CT molecular complexity index is 37.8. The monoisotopic (exact) mass is 107 g/mol. The molecule has 0 aliphatic carbocycles. The zero-order valence-corrected chi connectivity index (χ0v) is 5.14. The van der Waals surface area contributed by atoms with E-state index in [4.69, 9.17) is 5.21 Å². The van der Waals surface area contributed by atoms with Gasteiger partial charge in [0, 0.05) is 13.1 Å². The Morgan fingerprint density at radius 1 is 1.33 bits per heavy atom. The van der Waals surface area contributed by atoms with Crippen LogP contribution >= 0.6 is 9.90 Å². The van der Waals surface area contributed by atoms with Crippen molar-refractivity contribution in [2.75, 3.05) is 13.1 Å². The highest BCUT2D eigenvalue weighted by molar-refractivity contribution is 6.92. The van der Waals surface area contributed by atoms with Crippen molar-refractivity contribution in [3.05, 3.63) is 0 Å². The van der Waals surface area contributed by atoms with E-state index in [1.54, 1.807) is 0 Å². The summed E-state index contributed by atoms with van der Waals surface area (Å²) < 4.78 is 0. The summed E-state index contributed by atoms with van der Waals surface area (Å²) in [6, 6.07) is 0. The smallest absolute Gasteiger partial charge is 0.0251 e. The molecule has 0 spiro atoms. The number of rotatable bonds is 0. The van der Waals surface area contributed by atoms with Crippen LogP contribution in [0.3, 0.4) is 0 Å². The van der Waals surface area contributed by atoms with Gasteiger partial charge in [-0.2, -0.15) is 15.0 Å². The average Bonchev–Trinajstić information content (AvgIpc) is 1.30. The Morgan fingerprint density at radius 3 is 1.67 bits per heavy atom. The summed E-state index contributed by atoms with van der Waals surface area (Å²) in [5, 5.41) is 9.59. The van der Waals surface area contributed by atoms with Crippen molar-refractivity contribution in [3.8, 4) is 0 Å². The number of hydrogen-bond acceptors (Lipinski definition) is 2. The van der Waals surface area contributed by atoms with Crippen LogP contribution in [0, 0.1) is 0 Å². The van der Waals surface area contributed by atoms with Crippen LogP contribution in [0.1, 0.15) is 6.42 Å². The largest absolute Gasteiger partial charge is 0.314 e. The quantitative estimate of drug-likeness (QED) is 0.445. The van der Waals surface area contributed by atoms with Crippen LogP contribution in [0.15, 0.2) is 0 Å². The van der Waals surface area contributed by atoms with Crippen molar-refractivity contribution in [3.63, 3.8) is 0 Å². The van der Waals surface area contributed by atoms with E-state index in [0.717, 1.165) is 19.5 Å². The van der Waals surface area contributed by atoms with Gasteiger partial charge in [0.25, 0.3) is 0 Å². The van der Waals surface area contributed by atoms with Crippen LogP contribution < -0.4 is 0 Å². The molecule has 0 amide bonds. The second kappa shape index (κ2) is 2.51. The molecule has 1 heterocycles. The van der Waals surface area contributed by atoms with Gasteiger partial charge >= 0.3 is 0 Å². The topological polar surface area (TPSA) is 23.5 Å². The maximum Gasteiger partial charge on any atom is 0.0251 e. The van der Waals surface area contributed by atoms with Gasteiger partial charge in [-0.05, 0) is 6.42 Å². The lowest BCUT2D eigenvalue weighted by Crippen LogP contribution is -2.33. The summed E-state index contributed by atoms with van der Waals surface area (Å²) in [6.45, 7) is 1.75. The first-order valence-corrected chi connectivity index (χ1v) is 1.83. The summed E-state index contributed by atoms with van der Waals surface area (Å²) in [4.78, 5) is 0. The van der Waals surface area contributed by atoms with Gasteiger partial charge in [-0.15, -0.1) is 0 Å². The van der Waals surface area contributed by atoms with Crippen LogP contribution in [0.2, 0.25) is 0 Å². The fourth-order valence-corrected chi connectivity index (χ4v) is 0.300. The molecule has 1 saturated heterocycles. The van der Waals surface area contributed by atoms with Gasteiger partial charge in [-0.25, -0.2) is 0 Å². The predicted octanol–water partition coefficient (Wildman–Crippen LogP) is 0.139. The van der Waals surface area contributed by atoms with Crippen LogP contribution in [-0.2, 0) is 0 Å². The van der Waals surface area contributed by atoms with E-state index in [2.05, 4.69) is 0 Å². The first-order valence-electron chi connectivity index (χ1n) is 1.83. The Labute approximate surface area is 40.7 Å². The second-order valence-electron chi connectivity index (χ2n) is 1.31. The molecule has 38 valence electrons. The average molecular weight is 107 g/mol. The predicted molar refractivity (Wildman–Crippen MR) is 29.1 cm³/mol. The van der Waals surface area contributed by atoms with Gasteiger partial charge < -0.3 is 5.21 Å². The third-order valence-corrected chi connectivity index (χ3v) is 0.832. The lowest BCUT2D eigenvalue weighted by molar-refractivity contribution is -0.137. The fourth-order valence-electron chi connectivity index (χ4n) is 0.300. The summed E-state index contributed by atoms with van der Waals surface area (Å²) in [7, 11) is 0. The van der Waals surface area contributed by atoms with Gasteiger partial charge in [-0.1, -0.05) is 0 Å². The van der Waals surface area contributed by atoms with E-state index >= 15 is 0 Å². The maximum absolute atomic E-state index is 8.28. The highest BCUT2D eigenvalue weighted by atomic mass is 31.0. The summed E-state index contributed by atoms with van der Waals surface area (Å²) in [5.74, 6) is 0. The van der Waals surface area contributed by atoms with E-state index in [9.17, 15) is 0 Å². The summed E-state index contributed by atoms with van der Waals surface area (Å²) >= 11 is 0. The standard InChI is InChI=1S/C3H7NO.H3P/c5-4-2-1-3-4;/h5H,1-3H2;1H3. The van der Waals surface area contributed by atoms with Gasteiger partial charge in [0.05, 0.1) is 0 Å². The van der Waals surface area contributed by atoms with Crippen molar-refractivity contribution in [1.82, 2.24) is 5.06 Å².